The van der Waals surface area contributed by atoms with E-state index >= 15 is 0 Å². The first-order valence-corrected chi connectivity index (χ1v) is 17.0. The molecule has 9 aromatic rings. The molecular formula is C46H36N2. The van der Waals surface area contributed by atoms with Gasteiger partial charge in [0.2, 0.25) is 0 Å². The van der Waals surface area contributed by atoms with Crippen LogP contribution in [0.15, 0.2) is 164 Å². The summed E-state index contributed by atoms with van der Waals surface area (Å²) in [4.78, 5) is 0. The van der Waals surface area contributed by atoms with E-state index in [1.54, 1.807) is 0 Å². The zero-order valence-electron chi connectivity index (χ0n) is 27.3. The molecule has 9 rings (SSSR count). The van der Waals surface area contributed by atoms with Gasteiger partial charge in [-0.15, -0.1) is 0 Å². The molecule has 0 radical (unpaired) electrons. The fourth-order valence-corrected chi connectivity index (χ4v) is 7.47. The maximum atomic E-state index is 2.40. The Labute approximate surface area is 281 Å². The van der Waals surface area contributed by atoms with Crippen LogP contribution in [0.3, 0.4) is 0 Å². The summed E-state index contributed by atoms with van der Waals surface area (Å²) in [6.07, 6.45) is 1.14. The number of aromatic nitrogens is 2. The quantitative estimate of drug-likeness (QED) is 0.176. The molecule has 1 unspecified atom stereocenters. The summed E-state index contributed by atoms with van der Waals surface area (Å²) in [6, 6.07) is 60.0. The van der Waals surface area contributed by atoms with Gasteiger partial charge in [-0.2, -0.15) is 0 Å². The third-order valence-corrected chi connectivity index (χ3v) is 10.3. The van der Waals surface area contributed by atoms with Crippen LogP contribution in [0.4, 0.5) is 0 Å². The molecule has 0 bridgehead atoms. The fraction of sp³-hybridized carbons (Fsp3) is 0.0870. The van der Waals surface area contributed by atoms with Gasteiger partial charge < -0.3 is 9.13 Å². The van der Waals surface area contributed by atoms with Gasteiger partial charge in [-0.25, -0.2) is 0 Å². The van der Waals surface area contributed by atoms with E-state index < -0.39 is 0 Å². The third-order valence-electron chi connectivity index (χ3n) is 10.3. The van der Waals surface area contributed by atoms with Crippen molar-refractivity contribution in [3.8, 4) is 33.6 Å². The van der Waals surface area contributed by atoms with Gasteiger partial charge in [0.15, 0.2) is 0 Å². The van der Waals surface area contributed by atoms with Crippen LogP contribution < -0.4 is 0 Å². The largest absolute Gasteiger partial charge is 0.309 e. The van der Waals surface area contributed by atoms with Gasteiger partial charge in [-0.1, -0.05) is 123 Å². The van der Waals surface area contributed by atoms with E-state index in [2.05, 4.69) is 187 Å². The van der Waals surface area contributed by atoms with Gasteiger partial charge in [0.25, 0.3) is 0 Å². The molecule has 0 N–H and O–H groups in total. The van der Waals surface area contributed by atoms with E-state index in [1.165, 1.54) is 82.8 Å². The Morgan fingerprint density at radius 3 is 1.17 bits per heavy atom. The molecule has 0 spiro atoms. The first kappa shape index (κ1) is 28.4. The van der Waals surface area contributed by atoms with Crippen molar-refractivity contribution in [3.63, 3.8) is 0 Å². The summed E-state index contributed by atoms with van der Waals surface area (Å²) in [6.45, 7) is 4.58. The Bertz CT molecular complexity index is 2530. The Morgan fingerprint density at radius 1 is 0.396 bits per heavy atom. The molecule has 1 atom stereocenters. The summed E-state index contributed by atoms with van der Waals surface area (Å²) < 4.78 is 4.77. The molecule has 2 aromatic heterocycles. The van der Waals surface area contributed by atoms with Gasteiger partial charge in [-0.3, -0.25) is 0 Å². The van der Waals surface area contributed by atoms with Crippen LogP contribution in [0.2, 0.25) is 0 Å². The number of nitrogens with zero attached hydrogens (tertiary/aromatic N) is 2. The molecule has 0 amide bonds. The van der Waals surface area contributed by atoms with Gasteiger partial charge >= 0.3 is 0 Å². The third kappa shape index (κ3) is 4.56. The second-order valence-electron chi connectivity index (χ2n) is 13.0. The molecule has 2 nitrogen and oxygen atoms in total. The van der Waals surface area contributed by atoms with E-state index in [9.17, 15) is 0 Å². The standard InChI is InChI=1S/C46H36N2/c1-3-31(2)36-24-29-46-42(30-36)41-12-6-9-15-45(41)48(46)38-27-22-35(23-28-38)33-18-16-32(17-19-33)34-20-25-37(26-21-34)47-43-13-7-4-10-39(43)40-11-5-8-14-44(40)47/h4-31H,3H2,1-2H3. The Balaban J connectivity index is 1.01. The van der Waals surface area contributed by atoms with Crippen LogP contribution in [0, 0.1) is 0 Å². The number of hydrogen-bond acceptors (Lipinski definition) is 0. The summed E-state index contributed by atoms with van der Waals surface area (Å²) in [5.74, 6) is 0.549. The lowest BCUT2D eigenvalue weighted by Gasteiger charge is -2.12. The lowest BCUT2D eigenvalue weighted by Crippen LogP contribution is -1.95. The monoisotopic (exact) mass is 616 g/mol. The SMILES string of the molecule is CCC(C)c1ccc2c(c1)c1ccccc1n2-c1ccc(-c2ccc(-c3ccc(-n4c5ccccc5c5ccccc54)cc3)cc2)cc1. The lowest BCUT2D eigenvalue weighted by atomic mass is 9.97. The molecule has 48 heavy (non-hydrogen) atoms. The van der Waals surface area contributed by atoms with Crippen molar-refractivity contribution in [1.29, 1.82) is 0 Å². The first-order chi connectivity index (χ1) is 23.7. The topological polar surface area (TPSA) is 9.86 Å². The predicted octanol–water partition coefficient (Wildman–Crippen LogP) is 12.7. The lowest BCUT2D eigenvalue weighted by molar-refractivity contribution is 0.735. The van der Waals surface area contributed by atoms with Gasteiger partial charge in [-0.05, 0) is 94.8 Å². The molecule has 2 heteroatoms. The molecule has 0 saturated heterocycles. The zero-order valence-corrected chi connectivity index (χ0v) is 27.3. The number of rotatable bonds is 6. The molecule has 2 heterocycles. The highest BCUT2D eigenvalue weighted by Gasteiger charge is 2.15. The zero-order chi connectivity index (χ0) is 32.2. The minimum absolute atomic E-state index is 0.549. The minimum Gasteiger partial charge on any atom is -0.309 e. The maximum Gasteiger partial charge on any atom is 0.0541 e. The number of hydrogen-bond donors (Lipinski definition) is 0. The van der Waals surface area contributed by atoms with Gasteiger partial charge in [0.05, 0.1) is 22.1 Å². The van der Waals surface area contributed by atoms with E-state index in [1.807, 2.05) is 0 Å². The highest BCUT2D eigenvalue weighted by molar-refractivity contribution is 6.10. The van der Waals surface area contributed by atoms with Crippen molar-refractivity contribution >= 4 is 43.6 Å². The van der Waals surface area contributed by atoms with Gasteiger partial charge in [0, 0.05) is 32.9 Å². The number of para-hydroxylation sites is 3. The number of fused-ring (bicyclic) bond motifs is 6. The minimum atomic E-state index is 0.549. The van der Waals surface area contributed by atoms with E-state index in [0.717, 1.165) is 6.42 Å². The Morgan fingerprint density at radius 2 is 0.750 bits per heavy atom. The van der Waals surface area contributed by atoms with Crippen molar-refractivity contribution < 1.29 is 0 Å². The van der Waals surface area contributed by atoms with Crippen LogP contribution in [-0.2, 0) is 0 Å². The average Bonchev–Trinajstić information content (AvgIpc) is 3.67. The smallest absolute Gasteiger partial charge is 0.0541 e. The predicted molar refractivity (Wildman–Crippen MR) is 205 cm³/mol. The molecular weight excluding hydrogens is 581 g/mol. The summed E-state index contributed by atoms with van der Waals surface area (Å²) in [7, 11) is 0. The molecule has 0 aliphatic heterocycles. The molecule has 0 aliphatic rings. The van der Waals surface area contributed by atoms with E-state index in [4.69, 9.17) is 0 Å². The maximum absolute atomic E-state index is 2.40. The van der Waals surface area contributed by atoms with Crippen molar-refractivity contribution in [3.05, 3.63) is 169 Å². The van der Waals surface area contributed by atoms with Crippen LogP contribution in [0.25, 0.3) is 77.2 Å². The van der Waals surface area contributed by atoms with E-state index in [-0.39, 0.29) is 0 Å². The van der Waals surface area contributed by atoms with Crippen LogP contribution in [0.5, 0.6) is 0 Å². The Kier molecular flexibility index (Phi) is 6.76. The highest BCUT2D eigenvalue weighted by Crippen LogP contribution is 2.36. The summed E-state index contributed by atoms with van der Waals surface area (Å²) in [5.41, 5.74) is 13.6. The average molecular weight is 617 g/mol. The molecule has 230 valence electrons. The summed E-state index contributed by atoms with van der Waals surface area (Å²) in [5, 5.41) is 5.20. The second-order valence-corrected chi connectivity index (χ2v) is 13.0. The van der Waals surface area contributed by atoms with Crippen molar-refractivity contribution in [2.45, 2.75) is 26.2 Å². The first-order valence-electron chi connectivity index (χ1n) is 17.0. The molecule has 0 fully saturated rings. The normalized spacial score (nSPS) is 12.4. The summed E-state index contributed by atoms with van der Waals surface area (Å²) >= 11 is 0. The van der Waals surface area contributed by atoms with Crippen LogP contribution >= 0.6 is 0 Å². The molecule has 7 aromatic carbocycles. The highest BCUT2D eigenvalue weighted by atomic mass is 15.0. The van der Waals surface area contributed by atoms with Crippen molar-refractivity contribution in [2.24, 2.45) is 0 Å². The second kappa shape index (κ2) is 11.4. The van der Waals surface area contributed by atoms with Crippen LogP contribution in [-0.4, -0.2) is 9.13 Å². The molecule has 0 saturated carbocycles. The van der Waals surface area contributed by atoms with E-state index in [0.29, 0.717) is 5.92 Å². The molecule has 0 aliphatic carbocycles. The number of benzene rings is 7. The Hall–Kier alpha value is -5.86. The van der Waals surface area contributed by atoms with Gasteiger partial charge in [0.1, 0.15) is 0 Å². The van der Waals surface area contributed by atoms with Crippen molar-refractivity contribution in [1.82, 2.24) is 9.13 Å². The van der Waals surface area contributed by atoms with Crippen LogP contribution in [0.1, 0.15) is 31.7 Å². The fourth-order valence-electron chi connectivity index (χ4n) is 7.47. The van der Waals surface area contributed by atoms with Crippen molar-refractivity contribution in [2.75, 3.05) is 0 Å².